The van der Waals surface area contributed by atoms with Crippen molar-refractivity contribution >= 4 is 123 Å². The molecule has 0 fully saturated rings. The Hall–Kier alpha value is -10.8. The number of benzene rings is 12. The van der Waals surface area contributed by atoms with Crippen LogP contribution in [0.1, 0.15) is 104 Å². The molecule has 94 heavy (non-hydrogen) atoms. The molecule has 0 saturated heterocycles. The number of nitriles is 1. The van der Waals surface area contributed by atoms with Crippen LogP contribution < -0.4 is 21.3 Å². The van der Waals surface area contributed by atoms with Gasteiger partial charge in [-0.2, -0.15) is 5.26 Å². The van der Waals surface area contributed by atoms with Gasteiger partial charge in [-0.1, -0.05) is 219 Å². The largest absolute Gasteiger partial charge is 0.456 e. The van der Waals surface area contributed by atoms with E-state index >= 15 is 0 Å². The molecule has 3 aromatic heterocycles. The predicted molar refractivity (Wildman–Crippen MR) is 396 cm³/mol. The topological polar surface area (TPSA) is 54.4 Å². The lowest BCUT2D eigenvalue weighted by Crippen LogP contribution is -2.60. The monoisotopic (exact) mass is 1240 g/mol. The number of hydrogen-bond donors (Lipinski definition) is 0. The zero-order valence-corrected chi connectivity index (χ0v) is 53.9. The highest BCUT2D eigenvalue weighted by atomic mass is 32.2. The summed E-state index contributed by atoms with van der Waals surface area (Å²) in [5.74, 6) is 0. The van der Waals surface area contributed by atoms with Gasteiger partial charge >= 0.3 is 0 Å². The van der Waals surface area contributed by atoms with Gasteiger partial charge in [0.15, 0.2) is 5.69 Å². The zero-order chi connectivity index (χ0) is 76.5. The zero-order valence-electron chi connectivity index (χ0n) is 67.1. The lowest BCUT2D eigenvalue weighted by atomic mass is 9.34. The second-order valence-corrected chi connectivity index (χ2v) is 28.7. The molecule has 450 valence electrons. The van der Waals surface area contributed by atoms with E-state index in [4.69, 9.17) is 13.7 Å². The summed E-state index contributed by atoms with van der Waals surface area (Å²) in [5.41, 5.74) is 11.7. The molecule has 0 spiro atoms. The van der Waals surface area contributed by atoms with Crippen molar-refractivity contribution in [3.8, 4) is 50.8 Å². The summed E-state index contributed by atoms with van der Waals surface area (Å²) in [7, 11) is 0. The van der Waals surface area contributed by atoms with Gasteiger partial charge in [0.05, 0.1) is 62.4 Å². The summed E-state index contributed by atoms with van der Waals surface area (Å²) >= 11 is 1.49. The summed E-state index contributed by atoms with van der Waals surface area (Å²) < 4.78 is 144. The SMILES string of the molecule is [2H]c1c([2H])c([2H])c2c(c1[2H])c1c([2H])c(C#N)c([2H])c([2H])c1n2-c1ccc2c(c1)N(c1c(-c3cccc(C(C)(C)C)c3)cc(C(C)(C)C)cc1-c1cccc(C(C)(C)C)c1)c1cc(-n3c4c([2H])c([2H])c([2H])c([2H])c4c4c([2H])c([N+]#[C-])c([2H])c([2H])c43)cc3c1B2c1ccc2oc4ccc(-c5ccccc5)cc4c2c1S3. The molecule has 8 heteroatoms. The van der Waals surface area contributed by atoms with Crippen molar-refractivity contribution in [1.29, 1.82) is 5.26 Å². The molecule has 15 aromatic rings. The van der Waals surface area contributed by atoms with Crippen molar-refractivity contribution in [2.45, 2.75) is 88.3 Å². The Morgan fingerprint density at radius 2 is 1.09 bits per heavy atom. The van der Waals surface area contributed by atoms with Crippen molar-refractivity contribution in [2.75, 3.05) is 4.90 Å². The van der Waals surface area contributed by atoms with Crippen LogP contribution in [-0.2, 0) is 16.2 Å². The van der Waals surface area contributed by atoms with Gasteiger partial charge in [0.2, 0.25) is 6.71 Å². The first kappa shape index (κ1) is 43.9. The van der Waals surface area contributed by atoms with E-state index in [2.05, 4.69) is 157 Å². The lowest BCUT2D eigenvalue weighted by molar-refractivity contribution is 0.589. The minimum absolute atomic E-state index is 0.0933. The van der Waals surface area contributed by atoms with Gasteiger partial charge in [-0.15, -0.1) is 0 Å². The number of fused-ring (bicyclic) bond motifs is 14. The van der Waals surface area contributed by atoms with Crippen molar-refractivity contribution in [1.82, 2.24) is 9.13 Å². The minimum atomic E-state index is -0.704. The molecular formula is C86H66BN5OS. The van der Waals surface area contributed by atoms with Crippen molar-refractivity contribution in [2.24, 2.45) is 0 Å². The second-order valence-electron chi connectivity index (χ2n) is 27.6. The molecule has 0 aliphatic carbocycles. The van der Waals surface area contributed by atoms with Crippen LogP contribution in [0.2, 0.25) is 0 Å². The number of para-hydroxylation sites is 2. The van der Waals surface area contributed by atoms with Crippen molar-refractivity contribution < 1.29 is 23.6 Å². The van der Waals surface area contributed by atoms with Crippen LogP contribution in [0.3, 0.4) is 0 Å². The van der Waals surface area contributed by atoms with Crippen LogP contribution in [0.15, 0.2) is 250 Å². The van der Waals surface area contributed by atoms with Crippen LogP contribution in [0.25, 0.3) is 115 Å². The van der Waals surface area contributed by atoms with Gasteiger partial charge in [0, 0.05) is 73.3 Å². The van der Waals surface area contributed by atoms with Crippen LogP contribution in [0.5, 0.6) is 0 Å². The van der Waals surface area contributed by atoms with E-state index < -0.39 is 108 Å². The van der Waals surface area contributed by atoms with Gasteiger partial charge in [-0.25, -0.2) is 4.85 Å². The first-order chi connectivity index (χ1) is 51.2. The maximum Gasteiger partial charge on any atom is 0.249 e. The van der Waals surface area contributed by atoms with E-state index in [9.17, 15) is 21.7 Å². The highest BCUT2D eigenvalue weighted by Gasteiger charge is 2.44. The maximum absolute atomic E-state index is 10.6. The van der Waals surface area contributed by atoms with E-state index in [0.717, 1.165) is 82.1 Å². The highest BCUT2D eigenvalue weighted by Crippen LogP contribution is 2.54. The Kier molecular flexibility index (Phi) is 9.75. The van der Waals surface area contributed by atoms with Gasteiger partial charge in [0.1, 0.15) is 11.2 Å². The molecule has 0 unspecified atom stereocenters. The fourth-order valence-corrected chi connectivity index (χ4v) is 15.4. The molecule has 0 atom stereocenters. The fraction of sp³-hybridized carbons (Fsp3) is 0.140. The number of nitrogens with zero attached hydrogens (tertiary/aromatic N) is 5. The Labute approximate surface area is 572 Å². The number of aromatic nitrogens is 2. The Balaban J connectivity index is 1.12. The van der Waals surface area contributed by atoms with Crippen LogP contribution in [0, 0.1) is 17.9 Å². The molecule has 2 aliphatic heterocycles. The van der Waals surface area contributed by atoms with Gasteiger partial charge in [-0.3, -0.25) is 0 Å². The van der Waals surface area contributed by atoms with Crippen LogP contribution >= 0.6 is 11.8 Å². The summed E-state index contributed by atoms with van der Waals surface area (Å²) in [6.07, 6.45) is 0. The fourth-order valence-electron chi connectivity index (χ4n) is 14.1. The van der Waals surface area contributed by atoms with E-state index in [1.807, 2.05) is 72.8 Å². The van der Waals surface area contributed by atoms with E-state index in [1.54, 1.807) is 4.57 Å². The van der Waals surface area contributed by atoms with Crippen LogP contribution in [0.4, 0.5) is 22.7 Å². The van der Waals surface area contributed by atoms with E-state index in [0.29, 0.717) is 33.1 Å². The molecule has 6 nitrogen and oxygen atoms in total. The van der Waals surface area contributed by atoms with Gasteiger partial charge in [0.25, 0.3) is 0 Å². The molecule has 5 heterocycles. The Morgan fingerprint density at radius 1 is 0.500 bits per heavy atom. The average Bonchev–Trinajstić information content (AvgIpc) is 1.41. The minimum Gasteiger partial charge on any atom is -0.456 e. The van der Waals surface area contributed by atoms with Crippen LogP contribution in [-0.4, -0.2) is 15.8 Å². The third-order valence-corrected chi connectivity index (χ3v) is 20.0. The van der Waals surface area contributed by atoms with E-state index in [-0.39, 0.29) is 65.8 Å². The first-order valence-electron chi connectivity index (χ1n) is 38.4. The summed E-state index contributed by atoms with van der Waals surface area (Å²) in [6.45, 7) is 27.1. The Bertz CT molecular complexity index is 6630. The first-order valence-corrected chi connectivity index (χ1v) is 32.2. The normalized spacial score (nSPS) is 15.1. The van der Waals surface area contributed by atoms with E-state index in [1.165, 1.54) is 16.3 Å². The smallest absolute Gasteiger partial charge is 0.249 e. The molecule has 12 aromatic carbocycles. The lowest BCUT2D eigenvalue weighted by Gasteiger charge is -2.42. The molecule has 0 saturated carbocycles. The molecule has 0 amide bonds. The average molecular weight is 1240 g/mol. The second kappa shape index (κ2) is 20.9. The molecule has 0 N–H and O–H groups in total. The molecule has 0 radical (unpaired) electrons. The molecule has 17 rings (SSSR count). The number of rotatable bonds is 6. The predicted octanol–water partition coefficient (Wildman–Crippen LogP) is 21.9. The Morgan fingerprint density at radius 3 is 1.73 bits per heavy atom. The van der Waals surface area contributed by atoms with Gasteiger partial charge in [-0.05, 0) is 168 Å². The molecule has 0 bridgehead atoms. The summed E-state index contributed by atoms with van der Waals surface area (Å²) in [6, 6.07) is 45.9. The number of furan rings is 1. The standard InChI is InChI=1S/C86H66BN5OS/c1-84(2,3)56-24-18-22-54(41-56)64-44-58(86(7,8)9)45-65(55-23-19-25-57(42-55)85(4,5)6)82(64)92-75-47-60(90-71-28-16-14-26-62(71)66-40-51(50-88)30-36-73(66)90)33-34-69(75)87-70-35-39-78-80(68-43-53(31-38-77(68)93-78)52-20-12-11-13-21-52)83(70)94-79-49-61(48-76(92)81(79)87)91-72-29-17-15-27-63(72)67-46-59(89-10)32-37-74(67)91/h11-49H,1-9H3/i14D,15D,16D,17D,26D,27D,28D,29D,30D,32D,36D,37D,40D,46D. The number of hydrogen-bond acceptors (Lipinski definition) is 4. The van der Waals surface area contributed by atoms with Gasteiger partial charge < -0.3 is 18.5 Å². The van der Waals surface area contributed by atoms with Crippen molar-refractivity contribution in [3.05, 3.63) is 270 Å². The maximum atomic E-state index is 10.6. The summed E-state index contributed by atoms with van der Waals surface area (Å²) in [5, 5.41) is 11.8. The summed E-state index contributed by atoms with van der Waals surface area (Å²) in [4.78, 5) is 7.28. The number of anilines is 3. The van der Waals surface area contributed by atoms with Crippen molar-refractivity contribution in [3.63, 3.8) is 0 Å². The molecular weight excluding hydrogens is 1160 g/mol. The highest BCUT2D eigenvalue weighted by molar-refractivity contribution is 8.00. The quantitative estimate of drug-likeness (QED) is 0.123. The third kappa shape index (κ3) is 8.91. The third-order valence-electron chi connectivity index (χ3n) is 18.8. The molecule has 2 aliphatic rings.